The van der Waals surface area contributed by atoms with Crippen LogP contribution in [0, 0.1) is 5.82 Å². The third kappa shape index (κ3) is 3.30. The summed E-state index contributed by atoms with van der Waals surface area (Å²) in [6.45, 7) is 4.21. The molecule has 100 valence electrons. The molecule has 18 heavy (non-hydrogen) atoms. The first-order chi connectivity index (χ1) is 10.5. The quantitative estimate of drug-likeness (QED) is 0.806. The van der Waals surface area contributed by atoms with E-state index in [1.165, 1.54) is 4.90 Å². The Morgan fingerprint density at radius 3 is 2.67 bits per heavy atom. The van der Waals surface area contributed by atoms with Gasteiger partial charge in [0.1, 0.15) is 5.82 Å². The first-order valence-corrected chi connectivity index (χ1v) is 6.12. The normalized spacial score (nSPS) is 22.8. The van der Waals surface area contributed by atoms with Gasteiger partial charge in [-0.25, -0.2) is 4.39 Å². The molecule has 0 atom stereocenters. The second kappa shape index (κ2) is 5.37. The van der Waals surface area contributed by atoms with Gasteiger partial charge >= 0.3 is 0 Å². The fourth-order valence-electron chi connectivity index (χ4n) is 1.79. The topological polar surface area (TPSA) is 12.5 Å². The van der Waals surface area contributed by atoms with E-state index >= 15 is 0 Å². The van der Waals surface area contributed by atoms with Crippen molar-refractivity contribution in [3.8, 4) is 0 Å². The number of nitrogens with zero attached hydrogens (tertiary/aromatic N) is 1. The molecule has 0 amide bonds. The zero-order valence-corrected chi connectivity index (χ0v) is 11.1. The van der Waals surface area contributed by atoms with E-state index in [1.807, 2.05) is 0 Å². The van der Waals surface area contributed by atoms with E-state index in [0.29, 0.717) is 26.3 Å². The maximum Gasteiger partial charge on any atom is 0.127 e. The molecule has 1 aromatic carbocycles. The van der Waals surface area contributed by atoms with Crippen LogP contribution in [-0.4, -0.2) is 31.2 Å². The molecule has 0 radical (unpaired) electrons. The summed E-state index contributed by atoms with van der Waals surface area (Å²) in [6, 6.07) is -1.40. The van der Waals surface area contributed by atoms with Gasteiger partial charge in [0.05, 0.1) is 17.3 Å². The third-order valence-electron chi connectivity index (χ3n) is 2.80. The van der Waals surface area contributed by atoms with Crippen LogP contribution in [0.5, 0.6) is 0 Å². The van der Waals surface area contributed by atoms with Gasteiger partial charge in [-0.3, -0.25) is 4.90 Å². The Kier molecular flexibility index (Phi) is 2.47. The number of benzene rings is 1. The molecule has 2 nitrogen and oxygen atoms in total. The van der Waals surface area contributed by atoms with Crippen molar-refractivity contribution in [2.45, 2.75) is 32.7 Å². The van der Waals surface area contributed by atoms with Crippen LogP contribution in [0.4, 0.5) is 4.39 Å². The fourth-order valence-corrected chi connectivity index (χ4v) is 1.79. The predicted octanol–water partition coefficient (Wildman–Crippen LogP) is 2.96. The van der Waals surface area contributed by atoms with Crippen LogP contribution in [0.2, 0.25) is 0 Å². The second-order valence-corrected chi connectivity index (χ2v) is 5.40. The fraction of sp³-hybridized carbons (Fsp3) is 0.600. The summed E-state index contributed by atoms with van der Waals surface area (Å²) in [4.78, 5) is 1.43. The minimum Gasteiger partial charge on any atom is -0.379 e. The highest BCUT2D eigenvalue weighted by molar-refractivity contribution is 5.29. The lowest BCUT2D eigenvalue weighted by molar-refractivity contribution is 0.0341. The Bertz CT molecular complexity index is 580. The number of hydrogen-bond donors (Lipinski definition) is 0. The molecular weight excluding hydrogens is 229 g/mol. The Labute approximate surface area is 116 Å². The van der Waals surface area contributed by atoms with Crippen LogP contribution in [0.3, 0.4) is 0 Å². The van der Waals surface area contributed by atoms with Crippen LogP contribution in [-0.2, 0) is 16.6 Å². The lowest BCUT2D eigenvalue weighted by atomic mass is 9.86. The van der Waals surface area contributed by atoms with Crippen LogP contribution in [0.25, 0.3) is 0 Å². The minimum atomic E-state index is -2.19. The number of rotatable bonds is 2. The third-order valence-corrected chi connectivity index (χ3v) is 2.80. The van der Waals surface area contributed by atoms with Gasteiger partial charge in [-0.15, -0.1) is 0 Å². The Balaban J connectivity index is 2.64. The zero-order valence-electron chi connectivity index (χ0n) is 16.1. The first-order valence-electron chi connectivity index (χ1n) is 8.62. The van der Waals surface area contributed by atoms with Crippen molar-refractivity contribution < 1.29 is 16.0 Å². The molecule has 1 aliphatic rings. The number of halogens is 1. The van der Waals surface area contributed by atoms with Crippen molar-refractivity contribution in [1.82, 2.24) is 4.90 Å². The van der Waals surface area contributed by atoms with Crippen molar-refractivity contribution in [2.75, 3.05) is 26.3 Å². The van der Waals surface area contributed by atoms with Gasteiger partial charge in [-0.1, -0.05) is 32.9 Å². The molecule has 0 aromatic heterocycles. The predicted molar refractivity (Wildman–Crippen MR) is 71.2 cm³/mol. The molecule has 1 aliphatic heterocycles. The zero-order chi connectivity index (χ0) is 17.6. The highest BCUT2D eigenvalue weighted by atomic mass is 19.1. The molecule has 3 heteroatoms. The van der Waals surface area contributed by atoms with Crippen molar-refractivity contribution >= 4 is 0 Å². The smallest absolute Gasteiger partial charge is 0.127 e. The van der Waals surface area contributed by atoms with E-state index in [4.69, 9.17) is 11.6 Å². The summed E-state index contributed by atoms with van der Waals surface area (Å²) < 4.78 is 60.8. The monoisotopic (exact) mass is 256 g/mol. The van der Waals surface area contributed by atoms with Crippen LogP contribution in [0.15, 0.2) is 18.1 Å². The lowest BCUT2D eigenvalue weighted by Gasteiger charge is -2.27. The number of hydrogen-bond acceptors (Lipinski definition) is 2. The molecule has 1 aromatic rings. The van der Waals surface area contributed by atoms with Crippen LogP contribution < -0.4 is 0 Å². The highest BCUT2D eigenvalue weighted by Gasteiger charge is 2.19. The summed E-state index contributed by atoms with van der Waals surface area (Å²) in [6.07, 6.45) is 0. The Morgan fingerprint density at radius 1 is 1.39 bits per heavy atom. The standard InChI is InChI=1S/C15H22FNO/c1-15(2,3)13-5-4-12(10-14(13)16)11-17-6-8-18-9-7-17/h4-5,10H,6-9,11H2,1-3H3/i4D,5D,10D,11D2. The van der Waals surface area contributed by atoms with Crippen LogP contribution >= 0.6 is 0 Å². The molecular formula is C15H22FNO. The van der Waals surface area contributed by atoms with Gasteiger partial charge < -0.3 is 4.74 Å². The van der Waals surface area contributed by atoms with E-state index in [2.05, 4.69) is 0 Å². The van der Waals surface area contributed by atoms with Gasteiger partial charge in [0.25, 0.3) is 0 Å². The van der Waals surface area contributed by atoms with Gasteiger partial charge in [-0.2, -0.15) is 0 Å². The van der Waals surface area contributed by atoms with Crippen molar-refractivity contribution in [3.63, 3.8) is 0 Å². The Hall–Kier alpha value is -0.930. The van der Waals surface area contributed by atoms with E-state index < -0.39 is 29.8 Å². The first kappa shape index (κ1) is 8.28. The molecule has 0 spiro atoms. The maximum atomic E-state index is 14.7. The summed E-state index contributed by atoms with van der Waals surface area (Å²) in [7, 11) is 0. The molecule has 0 aliphatic carbocycles. The second-order valence-electron chi connectivity index (χ2n) is 5.40. The average molecular weight is 256 g/mol. The molecule has 1 saturated heterocycles. The molecule has 1 heterocycles. The highest BCUT2D eigenvalue weighted by Crippen LogP contribution is 2.25. The van der Waals surface area contributed by atoms with Crippen molar-refractivity contribution in [2.24, 2.45) is 0 Å². The summed E-state index contributed by atoms with van der Waals surface area (Å²) in [5.41, 5.74) is -1.14. The molecule has 0 N–H and O–H groups in total. The van der Waals surface area contributed by atoms with E-state index in [9.17, 15) is 4.39 Å². The SMILES string of the molecule is [2H]c1c([2H])c(C([2H])([2H])N2CCOCC2)c([2H])c(F)c1C(C)(C)C. The van der Waals surface area contributed by atoms with Gasteiger partial charge in [-0.05, 0) is 22.6 Å². The van der Waals surface area contributed by atoms with Gasteiger partial charge in [0.2, 0.25) is 0 Å². The van der Waals surface area contributed by atoms with Crippen LogP contribution in [0.1, 0.15) is 38.8 Å². The molecule has 0 saturated carbocycles. The Morgan fingerprint density at radius 2 is 2.06 bits per heavy atom. The molecule has 1 fully saturated rings. The van der Waals surface area contributed by atoms with E-state index in [-0.39, 0.29) is 17.2 Å². The lowest BCUT2D eigenvalue weighted by Crippen LogP contribution is -2.35. The number of morpholine rings is 1. The van der Waals surface area contributed by atoms with Crippen molar-refractivity contribution in [3.05, 3.63) is 35.1 Å². The maximum absolute atomic E-state index is 14.7. The van der Waals surface area contributed by atoms with Gasteiger partial charge in [0.15, 0.2) is 0 Å². The van der Waals surface area contributed by atoms with E-state index in [1.54, 1.807) is 20.8 Å². The van der Waals surface area contributed by atoms with E-state index in [0.717, 1.165) is 0 Å². The van der Waals surface area contributed by atoms with Gasteiger partial charge in [0, 0.05) is 22.3 Å². The molecule has 0 unspecified atom stereocenters. The molecule has 2 rings (SSSR count). The molecule has 0 bridgehead atoms. The number of ether oxygens (including phenoxy) is 1. The largest absolute Gasteiger partial charge is 0.379 e. The van der Waals surface area contributed by atoms with Crippen molar-refractivity contribution in [1.29, 1.82) is 0 Å². The summed E-state index contributed by atoms with van der Waals surface area (Å²) in [5.74, 6) is -0.911. The average Bonchev–Trinajstić information content (AvgIpc) is 2.45. The summed E-state index contributed by atoms with van der Waals surface area (Å²) in [5, 5.41) is 0. The summed E-state index contributed by atoms with van der Waals surface area (Å²) >= 11 is 0. The minimum absolute atomic E-state index is 0.0194.